The van der Waals surface area contributed by atoms with Crippen molar-refractivity contribution in [2.75, 3.05) is 18.2 Å². The average molecular weight is 228 g/mol. The Kier molecular flexibility index (Phi) is 3.07. The van der Waals surface area contributed by atoms with Gasteiger partial charge in [-0.3, -0.25) is 9.29 Å². The highest BCUT2D eigenvalue weighted by atomic mass is 19.1. The number of hydrogen-bond donors (Lipinski definition) is 0. The van der Waals surface area contributed by atoms with Gasteiger partial charge in [-0.25, -0.2) is 4.79 Å². The van der Waals surface area contributed by atoms with E-state index >= 15 is 0 Å². The van der Waals surface area contributed by atoms with Crippen LogP contribution in [-0.2, 0) is 4.74 Å². The molecule has 1 saturated heterocycles. The zero-order chi connectivity index (χ0) is 11.5. The number of anilines is 1. The van der Waals surface area contributed by atoms with Crippen molar-refractivity contribution >= 4 is 11.9 Å². The molecule has 2 heterocycles. The van der Waals surface area contributed by atoms with E-state index in [1.54, 1.807) is 6.92 Å². The maximum absolute atomic E-state index is 12.1. The number of ether oxygens (including phenoxy) is 1. The van der Waals surface area contributed by atoms with Crippen molar-refractivity contribution in [1.29, 1.82) is 0 Å². The lowest BCUT2D eigenvalue weighted by Gasteiger charge is -2.18. The van der Waals surface area contributed by atoms with Gasteiger partial charge in [0.2, 0.25) is 0 Å². The molecule has 1 fully saturated rings. The van der Waals surface area contributed by atoms with Crippen molar-refractivity contribution in [3.05, 3.63) is 11.8 Å². The molecule has 2 rings (SSSR count). The molecule has 5 nitrogen and oxygen atoms in total. The van der Waals surface area contributed by atoms with Crippen LogP contribution in [0.3, 0.4) is 0 Å². The second-order valence-electron chi connectivity index (χ2n) is 3.75. The summed E-state index contributed by atoms with van der Waals surface area (Å²) < 4.78 is 21.8. The fraction of sp³-hybridized carbons (Fsp3) is 0.600. The van der Waals surface area contributed by atoms with Gasteiger partial charge in [0.1, 0.15) is 12.9 Å². The predicted octanol–water partition coefficient (Wildman–Crippen LogP) is 2.06. The predicted molar refractivity (Wildman–Crippen MR) is 54.1 cm³/mol. The molecule has 1 amide bonds. The van der Waals surface area contributed by atoms with E-state index in [0.717, 1.165) is 5.56 Å². The zero-order valence-electron chi connectivity index (χ0n) is 8.98. The highest BCUT2D eigenvalue weighted by molar-refractivity contribution is 5.89. The number of cyclic esters (lactones) is 1. The Morgan fingerprint density at radius 2 is 2.50 bits per heavy atom. The van der Waals surface area contributed by atoms with Gasteiger partial charge >= 0.3 is 6.09 Å². The van der Waals surface area contributed by atoms with Crippen LogP contribution in [-0.4, -0.2) is 30.6 Å². The van der Waals surface area contributed by atoms with Crippen molar-refractivity contribution in [3.63, 3.8) is 0 Å². The van der Waals surface area contributed by atoms with Gasteiger partial charge in [0.05, 0.1) is 12.7 Å². The smallest absolute Gasteiger partial charge is 0.416 e. The fourth-order valence-electron chi connectivity index (χ4n) is 1.76. The Morgan fingerprint density at radius 1 is 1.69 bits per heavy atom. The highest BCUT2D eigenvalue weighted by Gasteiger charge is 2.36. The first-order valence-corrected chi connectivity index (χ1v) is 5.17. The summed E-state index contributed by atoms with van der Waals surface area (Å²) in [4.78, 5) is 13.0. The Bertz CT molecular complexity index is 380. The second kappa shape index (κ2) is 4.51. The van der Waals surface area contributed by atoms with E-state index in [9.17, 15) is 9.18 Å². The topological polar surface area (TPSA) is 55.6 Å². The average Bonchev–Trinajstić information content (AvgIpc) is 2.82. The van der Waals surface area contributed by atoms with E-state index in [1.807, 2.05) is 0 Å². The summed E-state index contributed by atoms with van der Waals surface area (Å²) in [7, 11) is 0. The molecule has 88 valence electrons. The lowest BCUT2D eigenvalue weighted by molar-refractivity contribution is 0.178. The second-order valence-corrected chi connectivity index (χ2v) is 3.75. The molecule has 1 atom stereocenters. The number of rotatable bonds is 4. The molecule has 0 aromatic carbocycles. The highest BCUT2D eigenvalue weighted by Crippen LogP contribution is 2.26. The summed E-state index contributed by atoms with van der Waals surface area (Å²) in [6, 6.07) is -0.146. The summed E-state index contributed by atoms with van der Waals surface area (Å²) in [5, 5.41) is 3.76. The molecular formula is C10H13FN2O3. The van der Waals surface area contributed by atoms with Gasteiger partial charge in [0, 0.05) is 5.56 Å². The van der Waals surface area contributed by atoms with Crippen LogP contribution in [0.15, 0.2) is 10.8 Å². The SMILES string of the molecule is Cc1conc1N1C(=O)OCC1CCCF. The minimum absolute atomic E-state index is 0.146. The van der Waals surface area contributed by atoms with Gasteiger partial charge in [-0.1, -0.05) is 5.16 Å². The third-order valence-corrected chi connectivity index (χ3v) is 2.58. The molecule has 1 aromatic rings. The standard InChI is InChI=1S/C10H13FN2O3/c1-7-5-16-12-9(7)13-8(3-2-4-11)6-15-10(13)14/h5,8H,2-4,6H2,1H3. The third-order valence-electron chi connectivity index (χ3n) is 2.58. The lowest BCUT2D eigenvalue weighted by Crippen LogP contribution is -2.34. The van der Waals surface area contributed by atoms with Crippen molar-refractivity contribution < 1.29 is 18.4 Å². The van der Waals surface area contributed by atoms with Crippen LogP contribution in [0.5, 0.6) is 0 Å². The summed E-state index contributed by atoms with van der Waals surface area (Å²) in [5.74, 6) is 0.464. The molecule has 6 heteroatoms. The van der Waals surface area contributed by atoms with E-state index in [4.69, 9.17) is 9.26 Å². The van der Waals surface area contributed by atoms with Crippen LogP contribution in [0.4, 0.5) is 15.0 Å². The summed E-state index contributed by atoms with van der Waals surface area (Å²) >= 11 is 0. The Morgan fingerprint density at radius 3 is 3.12 bits per heavy atom. The van der Waals surface area contributed by atoms with E-state index < -0.39 is 12.8 Å². The minimum atomic E-state index is -0.444. The van der Waals surface area contributed by atoms with Crippen LogP contribution < -0.4 is 4.90 Å². The van der Waals surface area contributed by atoms with E-state index in [2.05, 4.69) is 5.16 Å². The first kappa shape index (κ1) is 10.9. The molecule has 1 unspecified atom stereocenters. The summed E-state index contributed by atoms with van der Waals surface area (Å²) in [5.41, 5.74) is 0.768. The monoisotopic (exact) mass is 228 g/mol. The van der Waals surface area contributed by atoms with Crippen molar-refractivity contribution in [2.45, 2.75) is 25.8 Å². The molecule has 0 saturated carbocycles. The molecule has 16 heavy (non-hydrogen) atoms. The molecular weight excluding hydrogens is 215 g/mol. The Labute approximate surface area is 92.1 Å². The third kappa shape index (κ3) is 1.87. The van der Waals surface area contributed by atoms with Gasteiger partial charge in [-0.2, -0.15) is 0 Å². The lowest BCUT2D eigenvalue weighted by atomic mass is 10.1. The van der Waals surface area contributed by atoms with Crippen molar-refractivity contribution in [1.82, 2.24) is 5.16 Å². The number of carbonyl (C=O) groups excluding carboxylic acids is 1. The normalized spacial score (nSPS) is 20.2. The first-order chi connectivity index (χ1) is 7.74. The number of halogens is 1. The molecule has 0 spiro atoms. The van der Waals surface area contributed by atoms with E-state index in [-0.39, 0.29) is 12.6 Å². The zero-order valence-corrected chi connectivity index (χ0v) is 8.98. The minimum Gasteiger partial charge on any atom is -0.447 e. The van der Waals surface area contributed by atoms with Gasteiger partial charge < -0.3 is 9.26 Å². The molecule has 1 aromatic heterocycles. The van der Waals surface area contributed by atoms with Crippen molar-refractivity contribution in [3.8, 4) is 0 Å². The Balaban J connectivity index is 2.16. The first-order valence-electron chi connectivity index (χ1n) is 5.17. The number of amides is 1. The van der Waals surface area contributed by atoms with Crippen LogP contribution in [0, 0.1) is 6.92 Å². The largest absolute Gasteiger partial charge is 0.447 e. The number of hydrogen-bond acceptors (Lipinski definition) is 4. The fourth-order valence-corrected chi connectivity index (χ4v) is 1.76. The van der Waals surface area contributed by atoms with Crippen LogP contribution in [0.1, 0.15) is 18.4 Å². The number of carbonyl (C=O) groups is 1. The maximum Gasteiger partial charge on any atom is 0.416 e. The maximum atomic E-state index is 12.1. The molecule has 0 N–H and O–H groups in total. The molecule has 1 aliphatic heterocycles. The Hall–Kier alpha value is -1.59. The van der Waals surface area contributed by atoms with Crippen LogP contribution in [0.2, 0.25) is 0 Å². The van der Waals surface area contributed by atoms with Gasteiger partial charge in [0.15, 0.2) is 5.82 Å². The molecule has 0 bridgehead atoms. The molecule has 0 aliphatic carbocycles. The number of aromatic nitrogens is 1. The van der Waals surface area contributed by atoms with Crippen LogP contribution >= 0.6 is 0 Å². The van der Waals surface area contributed by atoms with Gasteiger partial charge in [-0.15, -0.1) is 0 Å². The molecule has 1 aliphatic rings. The quantitative estimate of drug-likeness (QED) is 0.791. The number of aryl methyl sites for hydroxylation is 1. The summed E-state index contributed by atoms with van der Waals surface area (Å²) in [6.07, 6.45) is 2.00. The van der Waals surface area contributed by atoms with Gasteiger partial charge in [0.25, 0.3) is 0 Å². The molecule has 0 radical (unpaired) electrons. The van der Waals surface area contributed by atoms with Gasteiger partial charge in [-0.05, 0) is 19.8 Å². The van der Waals surface area contributed by atoms with E-state index in [1.165, 1.54) is 11.2 Å². The van der Waals surface area contributed by atoms with Crippen LogP contribution in [0.25, 0.3) is 0 Å². The van der Waals surface area contributed by atoms with E-state index in [0.29, 0.717) is 18.7 Å². The summed E-state index contributed by atoms with van der Waals surface area (Å²) in [6.45, 7) is 1.69. The van der Waals surface area contributed by atoms with Crippen molar-refractivity contribution in [2.24, 2.45) is 0 Å². The number of alkyl halides is 1. The number of nitrogens with zero attached hydrogens (tertiary/aromatic N) is 2.